The average molecular weight is 522 g/mol. The lowest BCUT2D eigenvalue weighted by molar-refractivity contribution is -0.137. The first-order valence-corrected chi connectivity index (χ1v) is 10.5. The molecular formula is C23H28ClN5O7. The molecule has 1 unspecified atom stereocenters. The van der Waals surface area contributed by atoms with E-state index in [1.54, 1.807) is 41.2 Å². The van der Waals surface area contributed by atoms with Crippen LogP contribution in [-0.4, -0.2) is 66.5 Å². The van der Waals surface area contributed by atoms with E-state index in [-0.39, 0.29) is 25.2 Å². The molecule has 0 aliphatic carbocycles. The number of rotatable bonds is 11. The third-order valence-corrected chi connectivity index (χ3v) is 5.20. The second kappa shape index (κ2) is 12.6. The average Bonchev–Trinajstić information content (AvgIpc) is 3.36. The van der Waals surface area contributed by atoms with Gasteiger partial charge < -0.3 is 35.1 Å². The Balaban J connectivity index is 0.00000456. The predicted molar refractivity (Wildman–Crippen MR) is 134 cm³/mol. The van der Waals surface area contributed by atoms with E-state index in [0.29, 0.717) is 45.6 Å². The highest BCUT2D eigenvalue weighted by Crippen LogP contribution is 2.40. The Kier molecular flexibility index (Phi) is 9.88. The van der Waals surface area contributed by atoms with Crippen LogP contribution in [0.1, 0.15) is 12.8 Å². The number of carbonyl (C=O) groups is 2. The van der Waals surface area contributed by atoms with Gasteiger partial charge in [-0.25, -0.2) is 4.68 Å². The monoisotopic (exact) mass is 521 g/mol. The number of carbonyl (C=O) groups excluding carboxylic acids is 1. The number of anilines is 1. The molecule has 0 aliphatic rings. The summed E-state index contributed by atoms with van der Waals surface area (Å²) in [5, 5.41) is 19.8. The Morgan fingerprint density at radius 1 is 1.03 bits per heavy atom. The number of nitrogens with two attached hydrogens (primary N) is 1. The lowest BCUT2D eigenvalue weighted by Crippen LogP contribution is -2.36. The molecule has 3 aromatic rings. The maximum atomic E-state index is 12.5. The molecule has 0 saturated heterocycles. The Morgan fingerprint density at radius 3 is 2.22 bits per heavy atom. The summed E-state index contributed by atoms with van der Waals surface area (Å²) in [6.07, 6.45) is 1.35. The zero-order valence-electron chi connectivity index (χ0n) is 20.2. The van der Waals surface area contributed by atoms with Gasteiger partial charge in [-0.05, 0) is 24.6 Å². The smallest absolute Gasteiger partial charge is 0.303 e. The van der Waals surface area contributed by atoms with E-state index >= 15 is 0 Å². The molecule has 0 aliphatic heterocycles. The van der Waals surface area contributed by atoms with Crippen LogP contribution < -0.4 is 30.0 Å². The molecule has 1 atom stereocenters. The van der Waals surface area contributed by atoms with Crippen LogP contribution in [0.5, 0.6) is 23.0 Å². The van der Waals surface area contributed by atoms with Crippen molar-refractivity contribution < 1.29 is 33.6 Å². The van der Waals surface area contributed by atoms with Gasteiger partial charge in [0.1, 0.15) is 5.75 Å². The first kappa shape index (κ1) is 28.2. The summed E-state index contributed by atoms with van der Waals surface area (Å²) >= 11 is 0. The number of nitrogens with zero attached hydrogens (tertiary/aromatic N) is 3. The number of nitrogens with one attached hydrogen (secondary N) is 1. The van der Waals surface area contributed by atoms with Gasteiger partial charge in [-0.15, -0.1) is 17.5 Å². The maximum Gasteiger partial charge on any atom is 0.303 e. The number of ether oxygens (including phenoxy) is 4. The van der Waals surface area contributed by atoms with E-state index in [9.17, 15) is 9.59 Å². The summed E-state index contributed by atoms with van der Waals surface area (Å²) in [6, 6.07) is 7.62. The second-order valence-electron chi connectivity index (χ2n) is 7.36. The van der Waals surface area contributed by atoms with Gasteiger partial charge in [0, 0.05) is 24.1 Å². The van der Waals surface area contributed by atoms with Crippen molar-refractivity contribution in [3.05, 3.63) is 36.5 Å². The van der Waals surface area contributed by atoms with Crippen molar-refractivity contribution in [2.45, 2.75) is 18.9 Å². The van der Waals surface area contributed by atoms with Crippen molar-refractivity contribution >= 4 is 30.0 Å². The molecule has 0 spiro atoms. The van der Waals surface area contributed by atoms with E-state index < -0.39 is 17.9 Å². The molecule has 194 valence electrons. The summed E-state index contributed by atoms with van der Waals surface area (Å²) in [5.74, 6) is 0.175. The standard InChI is InChI=1S/C23H27N5O7.ClH/c1-32-18-7-5-13(9-16(18)26-23(31)15(24)6-8-21(29)30)17-12-25-27-28(17)14-10-19(33-2)22(35-4)20(11-14)34-3;/h5,7,9-12,15H,6,8,24H2,1-4H3,(H,26,31)(H,29,30);1H. The molecule has 1 heterocycles. The van der Waals surface area contributed by atoms with E-state index in [1.807, 2.05) is 0 Å². The minimum absolute atomic E-state index is 0. The molecule has 36 heavy (non-hydrogen) atoms. The molecule has 1 aromatic heterocycles. The fourth-order valence-electron chi connectivity index (χ4n) is 3.41. The Hall–Kier alpha value is -4.03. The van der Waals surface area contributed by atoms with Crippen molar-refractivity contribution in [2.75, 3.05) is 33.8 Å². The minimum Gasteiger partial charge on any atom is -0.495 e. The molecule has 13 heteroatoms. The van der Waals surface area contributed by atoms with Crippen LogP contribution in [0.3, 0.4) is 0 Å². The van der Waals surface area contributed by atoms with Crippen LogP contribution in [-0.2, 0) is 9.59 Å². The lowest BCUT2D eigenvalue weighted by atomic mass is 10.1. The topological polar surface area (TPSA) is 160 Å². The number of carboxylic acids is 1. The van der Waals surface area contributed by atoms with E-state index in [1.165, 1.54) is 28.4 Å². The summed E-state index contributed by atoms with van der Waals surface area (Å²) in [4.78, 5) is 23.3. The van der Waals surface area contributed by atoms with Crippen LogP contribution in [0.15, 0.2) is 36.5 Å². The van der Waals surface area contributed by atoms with Gasteiger partial charge in [0.25, 0.3) is 0 Å². The molecular weight excluding hydrogens is 494 g/mol. The zero-order valence-corrected chi connectivity index (χ0v) is 21.0. The Morgan fingerprint density at radius 2 is 1.67 bits per heavy atom. The summed E-state index contributed by atoms with van der Waals surface area (Å²) < 4.78 is 23.2. The molecule has 12 nitrogen and oxygen atoms in total. The number of carboxylic acid groups (broad SMARTS) is 1. The molecule has 1 amide bonds. The van der Waals surface area contributed by atoms with Gasteiger partial charge in [-0.3, -0.25) is 9.59 Å². The maximum absolute atomic E-state index is 12.5. The highest BCUT2D eigenvalue weighted by molar-refractivity contribution is 5.96. The number of hydrogen-bond acceptors (Lipinski definition) is 9. The van der Waals surface area contributed by atoms with Crippen molar-refractivity contribution in [2.24, 2.45) is 5.73 Å². The number of aliphatic carboxylic acids is 1. The van der Waals surface area contributed by atoms with Gasteiger partial charge in [0.15, 0.2) is 11.5 Å². The zero-order chi connectivity index (χ0) is 25.5. The largest absolute Gasteiger partial charge is 0.495 e. The fourth-order valence-corrected chi connectivity index (χ4v) is 3.41. The Bertz CT molecular complexity index is 1190. The quantitative estimate of drug-likeness (QED) is 0.342. The van der Waals surface area contributed by atoms with Gasteiger partial charge in [-0.1, -0.05) is 5.21 Å². The normalized spacial score (nSPS) is 11.1. The lowest BCUT2D eigenvalue weighted by Gasteiger charge is -2.16. The van der Waals surface area contributed by atoms with Gasteiger partial charge in [0.2, 0.25) is 11.7 Å². The number of benzene rings is 2. The minimum atomic E-state index is -1.03. The number of halogens is 1. The number of amides is 1. The van der Waals surface area contributed by atoms with Crippen molar-refractivity contribution in [1.82, 2.24) is 15.0 Å². The van der Waals surface area contributed by atoms with Crippen LogP contribution >= 0.6 is 12.4 Å². The molecule has 0 saturated carbocycles. The van der Waals surface area contributed by atoms with Gasteiger partial charge in [-0.2, -0.15) is 0 Å². The van der Waals surface area contributed by atoms with Crippen LogP contribution in [0, 0.1) is 0 Å². The summed E-state index contributed by atoms with van der Waals surface area (Å²) in [5.41, 5.74) is 8.07. The third-order valence-electron chi connectivity index (χ3n) is 5.20. The van der Waals surface area contributed by atoms with Gasteiger partial charge in [0.05, 0.1) is 57.7 Å². The third kappa shape index (κ3) is 6.15. The molecule has 0 radical (unpaired) electrons. The van der Waals surface area contributed by atoms with E-state index in [0.717, 1.165) is 0 Å². The molecule has 3 rings (SSSR count). The molecule has 0 fully saturated rings. The van der Waals surface area contributed by atoms with Crippen LogP contribution in [0.4, 0.5) is 5.69 Å². The van der Waals surface area contributed by atoms with Crippen LogP contribution in [0.25, 0.3) is 16.9 Å². The van der Waals surface area contributed by atoms with Crippen molar-refractivity contribution in [3.8, 4) is 39.9 Å². The van der Waals surface area contributed by atoms with Crippen LogP contribution in [0.2, 0.25) is 0 Å². The number of aromatic nitrogens is 3. The number of methoxy groups -OCH3 is 4. The summed E-state index contributed by atoms with van der Waals surface area (Å²) in [7, 11) is 6.02. The number of hydrogen-bond donors (Lipinski definition) is 3. The van der Waals surface area contributed by atoms with Crippen molar-refractivity contribution in [3.63, 3.8) is 0 Å². The molecule has 0 bridgehead atoms. The molecule has 2 aromatic carbocycles. The first-order chi connectivity index (χ1) is 16.8. The van der Waals surface area contributed by atoms with E-state index in [4.69, 9.17) is 29.8 Å². The summed E-state index contributed by atoms with van der Waals surface area (Å²) in [6.45, 7) is 0. The SMILES string of the molecule is COc1ccc(-c2cnnn2-c2cc(OC)c(OC)c(OC)c2)cc1NC(=O)C(N)CCC(=O)O.Cl. The Labute approximate surface area is 213 Å². The fraction of sp³-hybridized carbons (Fsp3) is 0.304. The second-order valence-corrected chi connectivity index (χ2v) is 7.36. The first-order valence-electron chi connectivity index (χ1n) is 10.5. The van der Waals surface area contributed by atoms with E-state index in [2.05, 4.69) is 15.6 Å². The predicted octanol–water partition coefficient (Wildman–Crippen LogP) is 2.52. The molecule has 4 N–H and O–H groups in total. The van der Waals surface area contributed by atoms with Gasteiger partial charge >= 0.3 is 5.97 Å². The highest BCUT2D eigenvalue weighted by Gasteiger charge is 2.20. The highest BCUT2D eigenvalue weighted by atomic mass is 35.5. The van der Waals surface area contributed by atoms with Crippen molar-refractivity contribution in [1.29, 1.82) is 0 Å².